The van der Waals surface area contributed by atoms with Crippen LogP contribution in [0.25, 0.3) is 0 Å². The average molecular weight is 232 g/mol. The topological polar surface area (TPSA) is 15.3 Å². The highest BCUT2D eigenvalue weighted by molar-refractivity contribution is 5.53. The van der Waals surface area contributed by atoms with Crippen LogP contribution in [0.2, 0.25) is 0 Å². The van der Waals surface area contributed by atoms with E-state index in [-0.39, 0.29) is 0 Å². The van der Waals surface area contributed by atoms with Crippen molar-refractivity contribution in [1.29, 1.82) is 0 Å². The lowest BCUT2D eigenvalue weighted by Crippen LogP contribution is -2.27. The number of nitrogens with one attached hydrogen (secondary N) is 1. The van der Waals surface area contributed by atoms with Crippen LogP contribution in [0.4, 0.5) is 5.69 Å². The average Bonchev–Trinajstić information content (AvgIpc) is 3.18. The number of benzene rings is 1. The normalized spacial score (nSPS) is 14.9. The molecule has 2 rings (SSSR count). The molecule has 0 aliphatic heterocycles. The van der Waals surface area contributed by atoms with Gasteiger partial charge in [0.15, 0.2) is 0 Å². The van der Waals surface area contributed by atoms with Gasteiger partial charge in [-0.15, -0.1) is 0 Å². The molecule has 0 atom stereocenters. The van der Waals surface area contributed by atoms with E-state index in [2.05, 4.69) is 48.3 Å². The predicted molar refractivity (Wildman–Crippen MR) is 74.4 cm³/mol. The molecule has 2 heteroatoms. The first kappa shape index (κ1) is 12.4. The Labute approximate surface area is 105 Å². The molecule has 1 aromatic rings. The molecule has 17 heavy (non-hydrogen) atoms. The van der Waals surface area contributed by atoms with Crippen molar-refractivity contribution < 1.29 is 0 Å². The minimum Gasteiger partial charge on any atom is -0.371 e. The maximum atomic E-state index is 3.43. The molecule has 1 aliphatic rings. The van der Waals surface area contributed by atoms with Gasteiger partial charge in [-0.05, 0) is 43.9 Å². The Morgan fingerprint density at radius 3 is 2.65 bits per heavy atom. The van der Waals surface area contributed by atoms with Crippen LogP contribution in [0, 0.1) is 5.92 Å². The lowest BCUT2D eigenvalue weighted by Gasteiger charge is -2.26. The third kappa shape index (κ3) is 3.47. The Kier molecular flexibility index (Phi) is 4.43. The summed E-state index contributed by atoms with van der Waals surface area (Å²) in [5, 5.41) is 3.43. The van der Waals surface area contributed by atoms with Crippen LogP contribution in [0.1, 0.15) is 32.3 Å². The summed E-state index contributed by atoms with van der Waals surface area (Å²) >= 11 is 0. The number of rotatable bonds is 7. The molecule has 94 valence electrons. The van der Waals surface area contributed by atoms with Crippen LogP contribution in [0.15, 0.2) is 24.3 Å². The Morgan fingerprint density at radius 2 is 2.00 bits per heavy atom. The van der Waals surface area contributed by atoms with Gasteiger partial charge >= 0.3 is 0 Å². The van der Waals surface area contributed by atoms with Crippen molar-refractivity contribution in [2.45, 2.75) is 33.2 Å². The van der Waals surface area contributed by atoms with E-state index < -0.39 is 0 Å². The van der Waals surface area contributed by atoms with Crippen LogP contribution in [-0.2, 0) is 6.54 Å². The summed E-state index contributed by atoms with van der Waals surface area (Å²) in [6.07, 6.45) is 2.84. The Morgan fingerprint density at radius 1 is 1.24 bits per heavy atom. The molecule has 0 radical (unpaired) electrons. The monoisotopic (exact) mass is 232 g/mol. The minimum absolute atomic E-state index is 0.946. The fourth-order valence-corrected chi connectivity index (χ4v) is 2.24. The molecule has 0 spiro atoms. The second-order valence-corrected chi connectivity index (χ2v) is 4.89. The summed E-state index contributed by atoms with van der Waals surface area (Å²) in [5.41, 5.74) is 2.85. The van der Waals surface area contributed by atoms with Gasteiger partial charge in [0, 0.05) is 25.3 Å². The molecule has 2 nitrogen and oxygen atoms in total. The van der Waals surface area contributed by atoms with Crippen LogP contribution < -0.4 is 10.2 Å². The van der Waals surface area contributed by atoms with Crippen molar-refractivity contribution in [3.63, 3.8) is 0 Å². The van der Waals surface area contributed by atoms with Gasteiger partial charge in [-0.1, -0.05) is 25.1 Å². The molecular formula is C15H24N2. The lowest BCUT2D eigenvalue weighted by atomic mass is 10.1. The van der Waals surface area contributed by atoms with E-state index in [1.165, 1.54) is 30.6 Å². The first-order valence-corrected chi connectivity index (χ1v) is 6.88. The first-order chi connectivity index (χ1) is 8.35. The fraction of sp³-hybridized carbons (Fsp3) is 0.600. The summed E-state index contributed by atoms with van der Waals surface area (Å²) in [6.45, 7) is 8.77. The largest absolute Gasteiger partial charge is 0.371 e. The Balaban J connectivity index is 2.09. The molecule has 1 N–H and O–H groups in total. The summed E-state index contributed by atoms with van der Waals surface area (Å²) in [6, 6.07) is 8.80. The van der Waals surface area contributed by atoms with E-state index in [1.54, 1.807) is 0 Å². The van der Waals surface area contributed by atoms with E-state index in [0.29, 0.717) is 0 Å². The van der Waals surface area contributed by atoms with Crippen molar-refractivity contribution in [3.8, 4) is 0 Å². The number of hydrogen-bond donors (Lipinski definition) is 1. The van der Waals surface area contributed by atoms with Crippen LogP contribution >= 0.6 is 0 Å². The second-order valence-electron chi connectivity index (χ2n) is 4.89. The van der Waals surface area contributed by atoms with Crippen molar-refractivity contribution in [1.82, 2.24) is 5.32 Å². The van der Waals surface area contributed by atoms with Gasteiger partial charge in [0.05, 0.1) is 0 Å². The molecule has 0 bridgehead atoms. The van der Waals surface area contributed by atoms with E-state index in [0.717, 1.165) is 25.6 Å². The number of para-hydroxylation sites is 1. The quantitative estimate of drug-likeness (QED) is 0.777. The maximum absolute atomic E-state index is 3.43. The lowest BCUT2D eigenvalue weighted by molar-refractivity contribution is 0.706. The second kappa shape index (κ2) is 6.06. The number of anilines is 1. The van der Waals surface area contributed by atoms with Gasteiger partial charge < -0.3 is 10.2 Å². The predicted octanol–water partition coefficient (Wildman–Crippen LogP) is 3.03. The summed E-state index contributed by atoms with van der Waals surface area (Å²) < 4.78 is 0. The summed E-state index contributed by atoms with van der Waals surface area (Å²) in [5.74, 6) is 0.946. The highest BCUT2D eigenvalue weighted by Gasteiger charge is 2.24. The minimum atomic E-state index is 0.946. The van der Waals surface area contributed by atoms with Gasteiger partial charge in [-0.3, -0.25) is 0 Å². The maximum Gasteiger partial charge on any atom is 0.0411 e. The van der Waals surface area contributed by atoms with Crippen molar-refractivity contribution >= 4 is 5.69 Å². The Bertz CT molecular complexity index is 345. The van der Waals surface area contributed by atoms with Crippen LogP contribution in [-0.4, -0.2) is 19.6 Å². The van der Waals surface area contributed by atoms with Gasteiger partial charge in [-0.25, -0.2) is 0 Å². The molecule has 0 aromatic heterocycles. The van der Waals surface area contributed by atoms with E-state index >= 15 is 0 Å². The zero-order chi connectivity index (χ0) is 12.1. The third-order valence-corrected chi connectivity index (χ3v) is 3.45. The van der Waals surface area contributed by atoms with Crippen molar-refractivity contribution in [2.75, 3.05) is 24.5 Å². The van der Waals surface area contributed by atoms with Crippen molar-refractivity contribution in [2.24, 2.45) is 5.92 Å². The number of nitrogens with zero attached hydrogens (tertiary/aromatic N) is 1. The SMILES string of the molecule is CCNCc1ccccc1N(CC)CC1CC1. The first-order valence-electron chi connectivity index (χ1n) is 6.88. The van der Waals surface area contributed by atoms with Crippen molar-refractivity contribution in [3.05, 3.63) is 29.8 Å². The Hall–Kier alpha value is -1.02. The number of hydrogen-bond acceptors (Lipinski definition) is 2. The zero-order valence-corrected chi connectivity index (χ0v) is 11.1. The summed E-state index contributed by atoms with van der Waals surface area (Å²) in [4.78, 5) is 2.53. The fourth-order valence-electron chi connectivity index (χ4n) is 2.24. The van der Waals surface area contributed by atoms with Crippen LogP contribution in [0.5, 0.6) is 0 Å². The van der Waals surface area contributed by atoms with Crippen LogP contribution in [0.3, 0.4) is 0 Å². The molecule has 1 saturated carbocycles. The van der Waals surface area contributed by atoms with E-state index in [9.17, 15) is 0 Å². The summed E-state index contributed by atoms with van der Waals surface area (Å²) in [7, 11) is 0. The third-order valence-electron chi connectivity index (χ3n) is 3.45. The highest BCUT2D eigenvalue weighted by Crippen LogP contribution is 2.32. The standard InChI is InChI=1S/C15H24N2/c1-3-16-11-14-7-5-6-8-15(14)17(4-2)12-13-9-10-13/h5-8,13,16H,3-4,9-12H2,1-2H3. The highest BCUT2D eigenvalue weighted by atomic mass is 15.1. The molecule has 0 heterocycles. The van der Waals surface area contributed by atoms with Gasteiger partial charge in [0.1, 0.15) is 0 Å². The molecular weight excluding hydrogens is 208 g/mol. The van der Waals surface area contributed by atoms with E-state index in [4.69, 9.17) is 0 Å². The molecule has 1 aromatic carbocycles. The smallest absolute Gasteiger partial charge is 0.0411 e. The molecule has 0 amide bonds. The van der Waals surface area contributed by atoms with Gasteiger partial charge in [0.2, 0.25) is 0 Å². The molecule has 1 aliphatic carbocycles. The zero-order valence-electron chi connectivity index (χ0n) is 11.1. The van der Waals surface area contributed by atoms with Gasteiger partial charge in [0.25, 0.3) is 0 Å². The molecule has 0 saturated heterocycles. The molecule has 1 fully saturated rings. The van der Waals surface area contributed by atoms with Gasteiger partial charge in [-0.2, -0.15) is 0 Å². The molecule has 0 unspecified atom stereocenters. The van der Waals surface area contributed by atoms with E-state index in [1.807, 2.05) is 0 Å².